The molecule has 0 saturated heterocycles. The topological polar surface area (TPSA) is 76.1 Å². The second kappa shape index (κ2) is 7.78. The minimum Gasteiger partial charge on any atom is -0.490 e. The van der Waals surface area contributed by atoms with Gasteiger partial charge in [-0.25, -0.2) is 4.79 Å². The maximum Gasteiger partial charge on any atom is 0.341 e. The van der Waals surface area contributed by atoms with E-state index in [1.807, 2.05) is 18.7 Å². The molecule has 1 aliphatic rings. The molecule has 1 atom stereocenters. The number of thiophene rings is 1. The zero-order valence-corrected chi connectivity index (χ0v) is 15.5. The second-order valence-corrected chi connectivity index (χ2v) is 7.00. The summed E-state index contributed by atoms with van der Waals surface area (Å²) in [5.41, 5.74) is 1.71. The van der Waals surface area contributed by atoms with Gasteiger partial charge in [0.1, 0.15) is 0 Å². The van der Waals surface area contributed by atoms with E-state index in [1.165, 1.54) is 10.4 Å². The summed E-state index contributed by atoms with van der Waals surface area (Å²) in [5, 5.41) is 10.8. The van der Waals surface area contributed by atoms with Crippen LogP contribution in [-0.4, -0.2) is 41.6 Å². The molecule has 26 heavy (non-hydrogen) atoms. The van der Waals surface area contributed by atoms with Gasteiger partial charge in [-0.3, -0.25) is 4.79 Å². The SMILES string of the molecule is CCOc1cc(C(=O)N2CCc3sccc3C2C)ccc1OCC(=O)O. The summed E-state index contributed by atoms with van der Waals surface area (Å²) in [4.78, 5) is 26.9. The van der Waals surface area contributed by atoms with Crippen molar-refractivity contribution in [2.24, 2.45) is 0 Å². The van der Waals surface area contributed by atoms with E-state index in [-0.39, 0.29) is 11.9 Å². The average Bonchev–Trinajstić information content (AvgIpc) is 3.10. The first-order valence-corrected chi connectivity index (χ1v) is 9.38. The van der Waals surface area contributed by atoms with E-state index in [0.29, 0.717) is 30.2 Å². The highest BCUT2D eigenvalue weighted by Crippen LogP contribution is 2.35. The zero-order chi connectivity index (χ0) is 18.7. The maximum absolute atomic E-state index is 13.0. The van der Waals surface area contributed by atoms with Gasteiger partial charge in [0.25, 0.3) is 5.91 Å². The first-order chi connectivity index (χ1) is 12.5. The summed E-state index contributed by atoms with van der Waals surface area (Å²) in [5.74, 6) is -0.445. The number of carboxylic acid groups (broad SMARTS) is 1. The molecular weight excluding hydrogens is 354 g/mol. The molecule has 1 amide bonds. The Labute approximate surface area is 156 Å². The molecule has 1 aromatic heterocycles. The zero-order valence-electron chi connectivity index (χ0n) is 14.7. The van der Waals surface area contributed by atoms with E-state index >= 15 is 0 Å². The first-order valence-electron chi connectivity index (χ1n) is 8.50. The Morgan fingerprint density at radius 1 is 1.27 bits per heavy atom. The van der Waals surface area contributed by atoms with Crippen LogP contribution in [0.1, 0.15) is 40.7 Å². The molecule has 3 rings (SSSR count). The van der Waals surface area contributed by atoms with Gasteiger partial charge in [0, 0.05) is 17.0 Å². The summed E-state index contributed by atoms with van der Waals surface area (Å²) in [6.07, 6.45) is 0.862. The highest BCUT2D eigenvalue weighted by atomic mass is 32.1. The monoisotopic (exact) mass is 375 g/mol. The fourth-order valence-corrected chi connectivity index (χ4v) is 4.08. The van der Waals surface area contributed by atoms with Gasteiger partial charge < -0.3 is 19.5 Å². The Hall–Kier alpha value is -2.54. The lowest BCUT2D eigenvalue weighted by Gasteiger charge is -2.33. The molecule has 1 N–H and O–H groups in total. The largest absolute Gasteiger partial charge is 0.490 e. The van der Waals surface area contributed by atoms with Crippen molar-refractivity contribution < 1.29 is 24.2 Å². The van der Waals surface area contributed by atoms with Crippen molar-refractivity contribution in [3.05, 3.63) is 45.6 Å². The van der Waals surface area contributed by atoms with Gasteiger partial charge in [-0.05, 0) is 55.5 Å². The predicted octanol–water partition coefficient (Wildman–Crippen LogP) is 3.37. The predicted molar refractivity (Wildman–Crippen MR) is 98.2 cm³/mol. The number of carbonyl (C=O) groups excluding carboxylic acids is 1. The smallest absolute Gasteiger partial charge is 0.341 e. The average molecular weight is 375 g/mol. The van der Waals surface area contributed by atoms with Crippen molar-refractivity contribution >= 4 is 23.2 Å². The molecular formula is C19H21NO5S. The Morgan fingerprint density at radius 2 is 2.08 bits per heavy atom. The van der Waals surface area contributed by atoms with Crippen LogP contribution in [0.2, 0.25) is 0 Å². The van der Waals surface area contributed by atoms with Gasteiger partial charge in [0.2, 0.25) is 0 Å². The van der Waals surface area contributed by atoms with Gasteiger partial charge >= 0.3 is 5.97 Å². The molecule has 2 aromatic rings. The van der Waals surface area contributed by atoms with Crippen LogP contribution < -0.4 is 9.47 Å². The van der Waals surface area contributed by atoms with Crippen LogP contribution >= 0.6 is 11.3 Å². The minimum atomic E-state index is -1.07. The third kappa shape index (κ3) is 3.67. The van der Waals surface area contributed by atoms with E-state index in [9.17, 15) is 9.59 Å². The summed E-state index contributed by atoms with van der Waals surface area (Å²) in [6, 6.07) is 6.97. The normalized spacial score (nSPS) is 16.1. The molecule has 0 saturated carbocycles. The lowest BCUT2D eigenvalue weighted by Crippen LogP contribution is -2.38. The first kappa shape index (κ1) is 18.3. The van der Waals surface area contributed by atoms with Crippen molar-refractivity contribution in [2.45, 2.75) is 26.3 Å². The summed E-state index contributed by atoms with van der Waals surface area (Å²) in [6.45, 7) is 4.46. The van der Waals surface area contributed by atoms with Crippen LogP contribution in [0, 0.1) is 0 Å². The Morgan fingerprint density at radius 3 is 2.81 bits per heavy atom. The van der Waals surface area contributed by atoms with Crippen LogP contribution in [0.4, 0.5) is 0 Å². The number of carbonyl (C=O) groups is 2. The Bertz CT molecular complexity index is 816. The Kier molecular flexibility index (Phi) is 5.46. The van der Waals surface area contributed by atoms with Crippen LogP contribution in [0.15, 0.2) is 29.6 Å². The van der Waals surface area contributed by atoms with Crippen molar-refractivity contribution in [1.82, 2.24) is 4.90 Å². The van der Waals surface area contributed by atoms with Gasteiger partial charge in [0.05, 0.1) is 12.6 Å². The molecule has 0 bridgehead atoms. The number of fused-ring (bicyclic) bond motifs is 1. The van der Waals surface area contributed by atoms with Crippen LogP contribution in [0.25, 0.3) is 0 Å². The second-order valence-electron chi connectivity index (χ2n) is 6.00. The van der Waals surface area contributed by atoms with Crippen molar-refractivity contribution in [2.75, 3.05) is 19.8 Å². The number of nitrogens with zero attached hydrogens (tertiary/aromatic N) is 1. The third-order valence-electron chi connectivity index (χ3n) is 4.38. The lowest BCUT2D eigenvalue weighted by molar-refractivity contribution is -0.139. The van der Waals surface area contributed by atoms with Crippen molar-refractivity contribution in [3.8, 4) is 11.5 Å². The summed E-state index contributed by atoms with van der Waals surface area (Å²) in [7, 11) is 0. The highest BCUT2D eigenvalue weighted by molar-refractivity contribution is 7.10. The quantitative estimate of drug-likeness (QED) is 0.838. The third-order valence-corrected chi connectivity index (χ3v) is 5.38. The van der Waals surface area contributed by atoms with E-state index in [0.717, 1.165) is 6.42 Å². The summed E-state index contributed by atoms with van der Waals surface area (Å²) >= 11 is 1.74. The fraction of sp³-hybridized carbons (Fsp3) is 0.368. The van der Waals surface area contributed by atoms with Crippen LogP contribution in [0.5, 0.6) is 11.5 Å². The van der Waals surface area contributed by atoms with Gasteiger partial charge in [-0.15, -0.1) is 11.3 Å². The minimum absolute atomic E-state index is 0.0241. The molecule has 2 heterocycles. The molecule has 6 nitrogen and oxygen atoms in total. The number of ether oxygens (including phenoxy) is 2. The molecule has 7 heteroatoms. The van der Waals surface area contributed by atoms with Crippen LogP contribution in [0.3, 0.4) is 0 Å². The van der Waals surface area contributed by atoms with E-state index in [1.54, 1.807) is 29.5 Å². The molecule has 1 aromatic carbocycles. The molecule has 1 aliphatic heterocycles. The number of benzene rings is 1. The number of amides is 1. The standard InChI is InChI=1S/C19H21NO5S/c1-3-24-16-10-13(4-5-15(16)25-11-18(21)22)19(23)20-8-6-17-14(12(20)2)7-9-26-17/h4-5,7,9-10,12H,3,6,8,11H2,1-2H3,(H,21,22). The van der Waals surface area contributed by atoms with Crippen LogP contribution in [-0.2, 0) is 11.2 Å². The molecule has 1 unspecified atom stereocenters. The molecule has 0 fully saturated rings. The highest BCUT2D eigenvalue weighted by Gasteiger charge is 2.29. The maximum atomic E-state index is 13.0. The molecule has 0 radical (unpaired) electrons. The lowest BCUT2D eigenvalue weighted by atomic mass is 10.00. The van der Waals surface area contributed by atoms with E-state index < -0.39 is 12.6 Å². The summed E-state index contributed by atoms with van der Waals surface area (Å²) < 4.78 is 10.8. The number of aliphatic carboxylic acids is 1. The van der Waals surface area contributed by atoms with E-state index in [2.05, 4.69) is 11.4 Å². The molecule has 0 spiro atoms. The number of carboxylic acids is 1. The fourth-order valence-electron chi connectivity index (χ4n) is 3.12. The van der Waals surface area contributed by atoms with Gasteiger partial charge in [-0.1, -0.05) is 0 Å². The Balaban J connectivity index is 1.83. The molecule has 138 valence electrons. The van der Waals surface area contributed by atoms with Gasteiger partial charge in [-0.2, -0.15) is 0 Å². The van der Waals surface area contributed by atoms with Gasteiger partial charge in [0.15, 0.2) is 18.1 Å². The molecule has 0 aliphatic carbocycles. The van der Waals surface area contributed by atoms with E-state index in [4.69, 9.17) is 14.6 Å². The van der Waals surface area contributed by atoms with Crippen molar-refractivity contribution in [1.29, 1.82) is 0 Å². The number of rotatable bonds is 6. The van der Waals surface area contributed by atoms with Crippen molar-refractivity contribution in [3.63, 3.8) is 0 Å². The number of hydrogen-bond donors (Lipinski definition) is 1. The number of hydrogen-bond acceptors (Lipinski definition) is 5.